The molecule has 2 bridgehead atoms. The number of aromatic nitrogens is 2. The number of hydrogen-bond donors (Lipinski definition) is 3. The molecule has 1 aromatic carbocycles. The van der Waals surface area contributed by atoms with E-state index in [2.05, 4.69) is 45.6 Å². The van der Waals surface area contributed by atoms with Gasteiger partial charge in [0.15, 0.2) is 22.5 Å². The van der Waals surface area contributed by atoms with Crippen LogP contribution in [0.2, 0.25) is 5.15 Å². The lowest BCUT2D eigenvalue weighted by Gasteiger charge is -2.52. The molecule has 5 rings (SSSR count). The fourth-order valence-corrected chi connectivity index (χ4v) is 5.00. The minimum atomic E-state index is -0.321. The summed E-state index contributed by atoms with van der Waals surface area (Å²) in [7, 11) is 0. The molecule has 7 nitrogen and oxygen atoms in total. The van der Waals surface area contributed by atoms with Gasteiger partial charge in [0.25, 0.3) is 5.91 Å². The van der Waals surface area contributed by atoms with E-state index in [1.54, 1.807) is 0 Å². The second-order valence-electron chi connectivity index (χ2n) is 8.34. The Bertz CT molecular complexity index is 887. The van der Waals surface area contributed by atoms with Crippen LogP contribution in [0.5, 0.6) is 0 Å². The van der Waals surface area contributed by atoms with Crippen LogP contribution in [0.25, 0.3) is 0 Å². The predicted molar refractivity (Wildman–Crippen MR) is 114 cm³/mol. The molecule has 0 saturated carbocycles. The molecule has 5 N–H and O–H groups in total. The molecule has 1 aromatic heterocycles. The number of benzene rings is 1. The lowest BCUT2D eigenvalue weighted by Crippen LogP contribution is -3.00. The average molecular weight is 451 g/mol. The maximum atomic E-state index is 12.8. The number of nitrogens with zero attached hydrogens (tertiary/aromatic N) is 3. The monoisotopic (exact) mass is 450 g/mol. The number of piperidine rings is 3. The van der Waals surface area contributed by atoms with Gasteiger partial charge in [0.1, 0.15) is 0 Å². The van der Waals surface area contributed by atoms with Crippen LogP contribution in [0.15, 0.2) is 30.3 Å². The normalized spacial score (nSPS) is 24.8. The van der Waals surface area contributed by atoms with Crippen molar-refractivity contribution in [3.8, 4) is 0 Å². The Morgan fingerprint density at radius 2 is 1.83 bits per heavy atom. The number of rotatable bonds is 6. The molecule has 4 heterocycles. The van der Waals surface area contributed by atoms with Gasteiger partial charge in [-0.3, -0.25) is 4.79 Å². The first-order chi connectivity index (χ1) is 14.0. The molecular formula is C21H28Cl2N6O. The molecule has 9 heteroatoms. The van der Waals surface area contributed by atoms with E-state index >= 15 is 0 Å². The lowest BCUT2D eigenvalue weighted by atomic mass is 9.81. The Balaban J connectivity index is 0.00000256. The second kappa shape index (κ2) is 9.37. The van der Waals surface area contributed by atoms with Crippen molar-refractivity contribution in [1.29, 1.82) is 0 Å². The molecule has 30 heavy (non-hydrogen) atoms. The number of carbonyl (C=O) groups is 1. The van der Waals surface area contributed by atoms with E-state index in [-0.39, 0.29) is 46.8 Å². The van der Waals surface area contributed by atoms with Gasteiger partial charge in [-0.1, -0.05) is 41.9 Å². The summed E-state index contributed by atoms with van der Waals surface area (Å²) < 4.78 is 1.08. The number of amides is 1. The zero-order valence-corrected chi connectivity index (χ0v) is 18.4. The Morgan fingerprint density at radius 3 is 2.53 bits per heavy atom. The number of nitrogens with two attached hydrogens (primary N) is 2. The zero-order chi connectivity index (χ0) is 20.4. The van der Waals surface area contributed by atoms with Crippen LogP contribution >= 0.6 is 11.6 Å². The number of halogens is 2. The molecule has 3 fully saturated rings. The van der Waals surface area contributed by atoms with Crippen molar-refractivity contribution in [3.05, 3.63) is 46.7 Å². The van der Waals surface area contributed by atoms with Crippen molar-refractivity contribution in [2.75, 3.05) is 37.6 Å². The first-order valence-corrected chi connectivity index (χ1v) is 10.6. The van der Waals surface area contributed by atoms with Gasteiger partial charge in [0, 0.05) is 19.3 Å². The number of fused-ring (bicyclic) bond motifs is 3. The van der Waals surface area contributed by atoms with Crippen molar-refractivity contribution in [2.45, 2.75) is 31.7 Å². The summed E-state index contributed by atoms with van der Waals surface area (Å²) in [4.78, 5) is 20.7. The first kappa shape index (κ1) is 22.6. The van der Waals surface area contributed by atoms with Crippen LogP contribution < -0.4 is 29.2 Å². The zero-order valence-electron chi connectivity index (χ0n) is 16.9. The van der Waals surface area contributed by atoms with Crippen LogP contribution in [0.4, 0.5) is 11.6 Å². The Labute approximate surface area is 188 Å². The van der Waals surface area contributed by atoms with Crippen LogP contribution in [0.1, 0.15) is 35.3 Å². The fourth-order valence-electron chi connectivity index (χ4n) is 4.87. The van der Waals surface area contributed by atoms with Gasteiger partial charge in [-0.05, 0) is 17.9 Å². The first-order valence-electron chi connectivity index (χ1n) is 10.2. The third kappa shape index (κ3) is 4.79. The summed E-state index contributed by atoms with van der Waals surface area (Å²) in [5.74, 6) is 0.230. The number of anilines is 2. The molecule has 1 amide bonds. The molecule has 3 aliphatic heterocycles. The minimum absolute atomic E-state index is 0. The second-order valence-corrected chi connectivity index (χ2v) is 8.69. The fraction of sp³-hybridized carbons (Fsp3) is 0.476. The molecule has 3 aliphatic rings. The van der Waals surface area contributed by atoms with Gasteiger partial charge in [0.2, 0.25) is 0 Å². The van der Waals surface area contributed by atoms with Crippen LogP contribution in [0.3, 0.4) is 0 Å². The highest BCUT2D eigenvalue weighted by atomic mass is 35.5. The Hall–Kier alpha value is -2.09. The number of quaternary nitrogens is 1. The van der Waals surface area contributed by atoms with Crippen molar-refractivity contribution in [1.82, 2.24) is 15.3 Å². The number of nitrogens with one attached hydrogen (secondary N) is 1. The summed E-state index contributed by atoms with van der Waals surface area (Å²) in [6, 6.07) is 10.7. The van der Waals surface area contributed by atoms with E-state index in [1.807, 2.05) is 0 Å². The average Bonchev–Trinajstić information content (AvgIpc) is 2.72. The molecule has 3 saturated heterocycles. The highest BCUT2D eigenvalue weighted by Gasteiger charge is 2.46. The summed E-state index contributed by atoms with van der Waals surface area (Å²) in [6.07, 6.45) is 4.53. The van der Waals surface area contributed by atoms with E-state index in [1.165, 1.54) is 18.7 Å². The van der Waals surface area contributed by atoms with Crippen molar-refractivity contribution in [3.63, 3.8) is 0 Å². The van der Waals surface area contributed by atoms with E-state index in [4.69, 9.17) is 23.1 Å². The summed E-state index contributed by atoms with van der Waals surface area (Å²) in [6.45, 7) is 4.49. The van der Waals surface area contributed by atoms with Crippen molar-refractivity contribution < 1.29 is 21.7 Å². The van der Waals surface area contributed by atoms with E-state index in [9.17, 15) is 4.79 Å². The molecule has 0 aliphatic carbocycles. The van der Waals surface area contributed by atoms with Crippen LogP contribution in [-0.4, -0.2) is 52.6 Å². The highest BCUT2D eigenvalue weighted by molar-refractivity contribution is 6.31. The largest absolute Gasteiger partial charge is 1.00 e. The van der Waals surface area contributed by atoms with Gasteiger partial charge < -0.3 is 33.7 Å². The number of nitrogen functional groups attached to an aromatic ring is 2. The van der Waals surface area contributed by atoms with E-state index < -0.39 is 0 Å². The number of hydrogen-bond acceptors (Lipinski definition) is 5. The molecule has 0 spiro atoms. The number of carbonyl (C=O) groups excluding carboxylic acids is 1. The van der Waals surface area contributed by atoms with Gasteiger partial charge in [-0.15, -0.1) is 0 Å². The predicted octanol–water partition coefficient (Wildman–Crippen LogP) is -0.730. The molecule has 0 radical (unpaired) electrons. The van der Waals surface area contributed by atoms with Crippen LogP contribution in [-0.2, 0) is 6.42 Å². The maximum absolute atomic E-state index is 12.8. The minimum Gasteiger partial charge on any atom is -1.00 e. The third-order valence-electron chi connectivity index (χ3n) is 6.48. The van der Waals surface area contributed by atoms with E-state index in [0.29, 0.717) is 5.92 Å². The van der Waals surface area contributed by atoms with E-state index in [0.717, 1.165) is 43.3 Å². The van der Waals surface area contributed by atoms with Crippen LogP contribution in [0, 0.1) is 5.92 Å². The molecule has 162 valence electrons. The molecule has 1 unspecified atom stereocenters. The number of aryl methyl sites for hydroxylation is 1. The van der Waals surface area contributed by atoms with Crippen molar-refractivity contribution >= 4 is 29.1 Å². The maximum Gasteiger partial charge on any atom is 0.274 e. The molecule has 2 aromatic rings. The van der Waals surface area contributed by atoms with Gasteiger partial charge in [-0.25, -0.2) is 9.97 Å². The van der Waals surface area contributed by atoms with Gasteiger partial charge >= 0.3 is 0 Å². The molecule has 1 atom stereocenters. The Kier molecular flexibility index (Phi) is 7.06. The highest BCUT2D eigenvalue weighted by Crippen LogP contribution is 2.34. The summed E-state index contributed by atoms with van der Waals surface area (Å²) in [5, 5.41) is 3.15. The van der Waals surface area contributed by atoms with Gasteiger partial charge in [0.05, 0.1) is 32.2 Å². The molecular weight excluding hydrogens is 423 g/mol. The smallest absolute Gasteiger partial charge is 0.274 e. The standard InChI is InChI=1S/C21H27ClN6O.ClH/c22-18-20(24)27-19(23)17(26-18)21(29)25-16-13-28(11-8-15(16)9-12-28)10-4-7-14-5-2-1-3-6-14;/h1-3,5-6,15-16H,4,7-13H2,(H4-,23,24,25,27,29);1H. The van der Waals surface area contributed by atoms with Crippen molar-refractivity contribution in [2.24, 2.45) is 5.92 Å². The van der Waals surface area contributed by atoms with Gasteiger partial charge in [-0.2, -0.15) is 0 Å². The third-order valence-corrected chi connectivity index (χ3v) is 6.76. The topological polar surface area (TPSA) is 107 Å². The summed E-state index contributed by atoms with van der Waals surface area (Å²) in [5.41, 5.74) is 12.9. The SMILES string of the molecule is Nc1nc(N)c(C(=O)NC2C[N+]3(CCCc4ccccc4)CCC2CC3)nc1Cl.[Cl-]. The Morgan fingerprint density at radius 1 is 1.13 bits per heavy atom. The quantitative estimate of drug-likeness (QED) is 0.503. The lowest BCUT2D eigenvalue weighted by molar-refractivity contribution is -0.944. The summed E-state index contributed by atoms with van der Waals surface area (Å²) >= 11 is 5.93.